The first-order chi connectivity index (χ1) is 17.6. The molecule has 36 heavy (non-hydrogen) atoms. The molecule has 1 aliphatic rings. The number of carboxylic acids is 1. The van der Waals surface area contributed by atoms with Crippen molar-refractivity contribution >= 4 is 27.8 Å². The number of benzene rings is 4. The summed E-state index contributed by atoms with van der Waals surface area (Å²) >= 11 is 0. The number of methoxy groups -OCH3 is 1. The van der Waals surface area contributed by atoms with E-state index in [1.54, 1.807) is 19.2 Å². The van der Waals surface area contributed by atoms with Gasteiger partial charge in [-0.1, -0.05) is 67.8 Å². The second-order valence-electron chi connectivity index (χ2n) is 9.55. The maximum atomic E-state index is 11.6. The Labute approximate surface area is 210 Å². The predicted octanol–water partition coefficient (Wildman–Crippen LogP) is 7.74. The molecule has 0 bridgehead atoms. The molecule has 0 saturated heterocycles. The van der Waals surface area contributed by atoms with Crippen LogP contribution in [0.3, 0.4) is 0 Å². The first-order valence-electron chi connectivity index (χ1n) is 12.6. The first-order valence-corrected chi connectivity index (χ1v) is 12.6. The average Bonchev–Trinajstić information content (AvgIpc) is 3.31. The molecule has 1 saturated carbocycles. The second-order valence-corrected chi connectivity index (χ2v) is 9.55. The van der Waals surface area contributed by atoms with Gasteiger partial charge < -0.3 is 14.4 Å². The molecule has 0 radical (unpaired) electrons. The van der Waals surface area contributed by atoms with Gasteiger partial charge in [0, 0.05) is 6.04 Å². The largest absolute Gasteiger partial charge is 0.496 e. The van der Waals surface area contributed by atoms with E-state index in [1.807, 2.05) is 6.07 Å². The number of rotatable bonds is 5. The van der Waals surface area contributed by atoms with Crippen molar-refractivity contribution < 1.29 is 14.6 Å². The molecule has 0 spiro atoms. The van der Waals surface area contributed by atoms with Crippen LogP contribution in [-0.4, -0.2) is 27.7 Å². The Bertz CT molecular complexity index is 1590. The third-order valence-electron chi connectivity index (χ3n) is 7.42. The number of carbonyl (C=O) groups is 1. The summed E-state index contributed by atoms with van der Waals surface area (Å²) in [7, 11) is 1.70. The Balaban J connectivity index is 1.53. The van der Waals surface area contributed by atoms with Gasteiger partial charge in [0.25, 0.3) is 0 Å². The quantitative estimate of drug-likeness (QED) is 0.282. The summed E-state index contributed by atoms with van der Waals surface area (Å²) in [5, 5.41) is 11.9. The summed E-state index contributed by atoms with van der Waals surface area (Å²) in [6.07, 6.45) is 5.82. The van der Waals surface area contributed by atoms with Crippen molar-refractivity contribution in [2.24, 2.45) is 0 Å². The zero-order valence-corrected chi connectivity index (χ0v) is 20.3. The van der Waals surface area contributed by atoms with E-state index >= 15 is 0 Å². The van der Waals surface area contributed by atoms with Gasteiger partial charge in [-0.25, -0.2) is 9.78 Å². The van der Waals surface area contributed by atoms with Crippen LogP contribution in [-0.2, 0) is 0 Å². The second kappa shape index (κ2) is 9.15. The van der Waals surface area contributed by atoms with Crippen LogP contribution in [0.15, 0.2) is 78.9 Å². The van der Waals surface area contributed by atoms with Crippen LogP contribution in [0.2, 0.25) is 0 Å². The van der Waals surface area contributed by atoms with Gasteiger partial charge in [0.1, 0.15) is 11.6 Å². The summed E-state index contributed by atoms with van der Waals surface area (Å²) in [4.78, 5) is 16.6. The summed E-state index contributed by atoms with van der Waals surface area (Å²) in [5.74, 6) is 0.648. The molecule has 1 aromatic heterocycles. The topological polar surface area (TPSA) is 64.3 Å². The fraction of sp³-hybridized carbons (Fsp3) is 0.226. The Morgan fingerprint density at radius 2 is 1.72 bits per heavy atom. The number of imidazole rings is 1. The van der Waals surface area contributed by atoms with Crippen LogP contribution in [0.5, 0.6) is 5.75 Å². The molecule has 0 aliphatic heterocycles. The lowest BCUT2D eigenvalue weighted by atomic mass is 9.94. The number of carboxylic acid groups (broad SMARTS) is 1. The van der Waals surface area contributed by atoms with Crippen molar-refractivity contribution in [3.63, 3.8) is 0 Å². The van der Waals surface area contributed by atoms with Crippen molar-refractivity contribution in [3.05, 3.63) is 84.4 Å². The van der Waals surface area contributed by atoms with Crippen LogP contribution in [0, 0.1) is 0 Å². The molecule has 1 fully saturated rings. The minimum absolute atomic E-state index is 0.251. The zero-order valence-electron chi connectivity index (χ0n) is 20.3. The normalized spacial score (nSPS) is 14.4. The molecule has 5 nitrogen and oxygen atoms in total. The highest BCUT2D eigenvalue weighted by molar-refractivity contribution is 5.97. The molecule has 5 aromatic rings. The molecule has 0 unspecified atom stereocenters. The van der Waals surface area contributed by atoms with Crippen LogP contribution in [0.1, 0.15) is 48.5 Å². The van der Waals surface area contributed by atoms with Crippen LogP contribution in [0.4, 0.5) is 0 Å². The van der Waals surface area contributed by atoms with Crippen molar-refractivity contribution in [2.45, 2.75) is 38.1 Å². The van der Waals surface area contributed by atoms with Gasteiger partial charge in [-0.3, -0.25) is 0 Å². The predicted molar refractivity (Wildman–Crippen MR) is 144 cm³/mol. The molecule has 180 valence electrons. The van der Waals surface area contributed by atoms with Crippen molar-refractivity contribution in [3.8, 4) is 28.3 Å². The van der Waals surface area contributed by atoms with Gasteiger partial charge in [0.15, 0.2) is 0 Å². The monoisotopic (exact) mass is 476 g/mol. The van der Waals surface area contributed by atoms with E-state index in [9.17, 15) is 9.90 Å². The molecule has 0 amide bonds. The number of hydrogen-bond acceptors (Lipinski definition) is 3. The number of aromatic nitrogens is 2. The lowest BCUT2D eigenvalue weighted by Crippen LogP contribution is -2.14. The molecule has 1 aliphatic carbocycles. The molecule has 0 atom stereocenters. The Morgan fingerprint density at radius 1 is 0.917 bits per heavy atom. The number of fused-ring (bicyclic) bond motifs is 2. The van der Waals surface area contributed by atoms with Gasteiger partial charge >= 0.3 is 5.97 Å². The molecule has 4 aromatic carbocycles. The van der Waals surface area contributed by atoms with Crippen molar-refractivity contribution in [1.82, 2.24) is 9.55 Å². The fourth-order valence-corrected chi connectivity index (χ4v) is 5.65. The SMILES string of the molecule is COc1cc(-c2cccc3ccccc23)ccc1-c1nc2cc(C(=O)O)ccc2n1C1CCCCC1. The molecule has 6 rings (SSSR count). The summed E-state index contributed by atoms with van der Waals surface area (Å²) in [6.45, 7) is 0. The van der Waals surface area contributed by atoms with Crippen LogP contribution >= 0.6 is 0 Å². The minimum Gasteiger partial charge on any atom is -0.496 e. The molecule has 5 heteroatoms. The number of nitrogens with zero attached hydrogens (tertiary/aromatic N) is 2. The first kappa shape index (κ1) is 22.4. The van der Waals surface area contributed by atoms with Crippen LogP contribution in [0.25, 0.3) is 44.3 Å². The van der Waals surface area contributed by atoms with Gasteiger partial charge in [0.2, 0.25) is 0 Å². The van der Waals surface area contributed by atoms with Gasteiger partial charge in [0.05, 0.1) is 29.3 Å². The molecule has 1 heterocycles. The van der Waals surface area contributed by atoms with E-state index in [0.717, 1.165) is 46.6 Å². The minimum atomic E-state index is -0.942. The van der Waals surface area contributed by atoms with E-state index in [1.165, 1.54) is 30.0 Å². The average molecular weight is 477 g/mol. The van der Waals surface area contributed by atoms with E-state index in [0.29, 0.717) is 11.6 Å². The summed E-state index contributed by atoms with van der Waals surface area (Å²) < 4.78 is 8.24. The summed E-state index contributed by atoms with van der Waals surface area (Å²) in [5.41, 5.74) is 5.09. The maximum Gasteiger partial charge on any atom is 0.335 e. The van der Waals surface area contributed by atoms with E-state index in [4.69, 9.17) is 9.72 Å². The van der Waals surface area contributed by atoms with Gasteiger partial charge in [-0.05, 0) is 65.1 Å². The summed E-state index contributed by atoms with van der Waals surface area (Å²) in [6, 6.07) is 26.6. The maximum absolute atomic E-state index is 11.6. The standard InChI is InChI=1S/C31H28N2O3/c1-36-29-19-21(25-13-7-9-20-8-5-6-12-24(20)25)14-16-26(29)30-32-27-18-22(31(34)35)15-17-28(27)33(30)23-10-3-2-4-11-23/h5-9,12-19,23H,2-4,10-11H2,1H3,(H,34,35). The van der Waals surface area contributed by atoms with Crippen molar-refractivity contribution in [1.29, 1.82) is 0 Å². The Kier molecular flexibility index (Phi) is 5.68. The Morgan fingerprint density at radius 3 is 2.53 bits per heavy atom. The molecule has 1 N–H and O–H groups in total. The van der Waals surface area contributed by atoms with Gasteiger partial charge in [-0.15, -0.1) is 0 Å². The number of hydrogen-bond donors (Lipinski definition) is 1. The van der Waals surface area contributed by atoms with E-state index < -0.39 is 5.97 Å². The van der Waals surface area contributed by atoms with Gasteiger partial charge in [-0.2, -0.15) is 0 Å². The number of ether oxygens (including phenoxy) is 1. The highest BCUT2D eigenvalue weighted by Gasteiger charge is 2.25. The fourth-order valence-electron chi connectivity index (χ4n) is 5.65. The van der Waals surface area contributed by atoms with Crippen LogP contribution < -0.4 is 4.74 Å². The van der Waals surface area contributed by atoms with E-state index in [-0.39, 0.29) is 5.56 Å². The molecular formula is C31H28N2O3. The lowest BCUT2D eigenvalue weighted by Gasteiger charge is -2.26. The third-order valence-corrected chi connectivity index (χ3v) is 7.42. The third kappa shape index (κ3) is 3.81. The van der Waals surface area contributed by atoms with E-state index in [2.05, 4.69) is 65.2 Å². The van der Waals surface area contributed by atoms with Crippen molar-refractivity contribution in [2.75, 3.05) is 7.11 Å². The smallest absolute Gasteiger partial charge is 0.335 e. The molecular weight excluding hydrogens is 448 g/mol. The highest BCUT2D eigenvalue weighted by atomic mass is 16.5. The highest BCUT2D eigenvalue weighted by Crippen LogP contribution is 2.41. The number of aromatic carboxylic acids is 1. The lowest BCUT2D eigenvalue weighted by molar-refractivity contribution is 0.0697. The Hall–Kier alpha value is -4.12. The zero-order chi connectivity index (χ0) is 24.6.